The highest BCUT2D eigenvalue weighted by atomic mass is 32.1. The summed E-state index contributed by atoms with van der Waals surface area (Å²) in [7, 11) is 0. The predicted molar refractivity (Wildman–Crippen MR) is 81.9 cm³/mol. The Morgan fingerprint density at radius 2 is 2.35 bits per heavy atom. The molecule has 1 saturated carbocycles. The lowest BCUT2D eigenvalue weighted by molar-refractivity contribution is -0.0595. The average Bonchev–Trinajstić information content (AvgIpc) is 3.17. The van der Waals surface area contributed by atoms with E-state index in [1.54, 1.807) is 11.3 Å². The Morgan fingerprint density at radius 1 is 1.50 bits per heavy atom. The number of hydrogen-bond acceptors (Lipinski definition) is 5. The second kappa shape index (κ2) is 6.52. The second-order valence-electron chi connectivity index (χ2n) is 6.02. The lowest BCUT2D eigenvalue weighted by atomic mass is 10.1. The van der Waals surface area contributed by atoms with Crippen molar-refractivity contribution in [3.63, 3.8) is 0 Å². The first-order valence-corrected chi connectivity index (χ1v) is 8.65. The third-order valence-electron chi connectivity index (χ3n) is 4.14. The first-order valence-electron chi connectivity index (χ1n) is 7.77. The monoisotopic (exact) mass is 295 g/mol. The van der Waals surface area contributed by atoms with Crippen LogP contribution in [0.3, 0.4) is 0 Å². The van der Waals surface area contributed by atoms with Crippen molar-refractivity contribution >= 4 is 11.3 Å². The molecule has 1 aliphatic carbocycles. The topological polar surface area (TPSA) is 37.4 Å². The summed E-state index contributed by atoms with van der Waals surface area (Å²) in [5.41, 5.74) is 1.22. The van der Waals surface area contributed by atoms with Crippen LogP contribution in [-0.4, -0.2) is 41.2 Å². The summed E-state index contributed by atoms with van der Waals surface area (Å²) in [5.74, 6) is 0. The molecule has 5 heteroatoms. The Bertz CT molecular complexity index is 433. The van der Waals surface area contributed by atoms with Crippen LogP contribution < -0.4 is 5.32 Å². The van der Waals surface area contributed by atoms with Gasteiger partial charge in [0.05, 0.1) is 18.4 Å². The maximum atomic E-state index is 5.76. The molecule has 2 fully saturated rings. The van der Waals surface area contributed by atoms with Gasteiger partial charge in [-0.25, -0.2) is 4.98 Å². The van der Waals surface area contributed by atoms with Gasteiger partial charge in [0.15, 0.2) is 0 Å². The minimum absolute atomic E-state index is 0.340. The molecule has 2 heterocycles. The van der Waals surface area contributed by atoms with Crippen molar-refractivity contribution in [2.45, 2.75) is 64.4 Å². The van der Waals surface area contributed by atoms with Crippen molar-refractivity contribution in [1.82, 2.24) is 15.2 Å². The molecule has 0 bridgehead atoms. The molecule has 2 aliphatic rings. The molecule has 20 heavy (non-hydrogen) atoms. The summed E-state index contributed by atoms with van der Waals surface area (Å²) in [6.45, 7) is 8.18. The van der Waals surface area contributed by atoms with Crippen molar-refractivity contribution in [2.75, 3.05) is 13.2 Å². The summed E-state index contributed by atoms with van der Waals surface area (Å²) in [4.78, 5) is 7.30. The molecule has 1 aliphatic heterocycles. The van der Waals surface area contributed by atoms with Gasteiger partial charge in [-0.3, -0.25) is 4.90 Å². The third-order valence-corrected chi connectivity index (χ3v) is 5.03. The molecule has 1 N–H and O–H groups in total. The number of rotatable bonds is 6. The standard InChI is InChI=1S/C15H25N3OS/c1-3-14-9-19-11(2)7-18(14)8-13-10-20-15(17-13)6-16-12-4-5-12/h10-12,14,16H,3-9H2,1-2H3. The lowest BCUT2D eigenvalue weighted by Gasteiger charge is -2.37. The summed E-state index contributed by atoms with van der Waals surface area (Å²) < 4.78 is 5.76. The van der Waals surface area contributed by atoms with Crippen molar-refractivity contribution in [1.29, 1.82) is 0 Å². The van der Waals surface area contributed by atoms with Gasteiger partial charge in [-0.15, -0.1) is 11.3 Å². The Kier molecular flexibility index (Phi) is 4.71. The average molecular weight is 295 g/mol. The molecule has 0 spiro atoms. The normalized spacial score (nSPS) is 27.9. The lowest BCUT2D eigenvalue weighted by Crippen LogP contribution is -2.47. The molecule has 0 radical (unpaired) electrons. The minimum Gasteiger partial charge on any atom is -0.376 e. The molecule has 3 rings (SSSR count). The molecule has 112 valence electrons. The number of ether oxygens (including phenoxy) is 1. The van der Waals surface area contributed by atoms with E-state index < -0.39 is 0 Å². The first kappa shape index (κ1) is 14.4. The summed E-state index contributed by atoms with van der Waals surface area (Å²) >= 11 is 1.79. The van der Waals surface area contributed by atoms with Gasteiger partial charge in [0, 0.05) is 37.1 Å². The zero-order chi connectivity index (χ0) is 13.9. The van der Waals surface area contributed by atoms with E-state index in [9.17, 15) is 0 Å². The fourth-order valence-electron chi connectivity index (χ4n) is 2.71. The fraction of sp³-hybridized carbons (Fsp3) is 0.800. The highest BCUT2D eigenvalue weighted by molar-refractivity contribution is 7.09. The van der Waals surface area contributed by atoms with Crippen LogP contribution in [0.25, 0.3) is 0 Å². The van der Waals surface area contributed by atoms with Crippen molar-refractivity contribution < 1.29 is 4.74 Å². The SMILES string of the molecule is CCC1COC(C)CN1Cc1csc(CNC2CC2)n1. The van der Waals surface area contributed by atoms with E-state index in [0.717, 1.165) is 38.7 Å². The van der Waals surface area contributed by atoms with Gasteiger partial charge < -0.3 is 10.1 Å². The van der Waals surface area contributed by atoms with E-state index in [4.69, 9.17) is 9.72 Å². The van der Waals surface area contributed by atoms with Crippen LogP contribution in [0.5, 0.6) is 0 Å². The molecule has 2 atom stereocenters. The predicted octanol–water partition coefficient (Wildman–Crippen LogP) is 2.39. The molecular weight excluding hydrogens is 270 g/mol. The number of morpholine rings is 1. The molecule has 1 aromatic heterocycles. The zero-order valence-corrected chi connectivity index (χ0v) is 13.3. The van der Waals surface area contributed by atoms with Crippen molar-refractivity contribution in [2.24, 2.45) is 0 Å². The zero-order valence-electron chi connectivity index (χ0n) is 12.5. The van der Waals surface area contributed by atoms with Crippen molar-refractivity contribution in [3.8, 4) is 0 Å². The molecular formula is C15H25N3OS. The van der Waals surface area contributed by atoms with E-state index >= 15 is 0 Å². The van der Waals surface area contributed by atoms with Gasteiger partial charge in [0.2, 0.25) is 0 Å². The Morgan fingerprint density at radius 3 is 3.10 bits per heavy atom. The van der Waals surface area contributed by atoms with E-state index in [-0.39, 0.29) is 0 Å². The summed E-state index contributed by atoms with van der Waals surface area (Å²) in [6, 6.07) is 1.30. The van der Waals surface area contributed by atoms with E-state index in [2.05, 4.69) is 29.4 Å². The maximum absolute atomic E-state index is 5.76. The largest absolute Gasteiger partial charge is 0.376 e. The highest BCUT2D eigenvalue weighted by Gasteiger charge is 2.26. The van der Waals surface area contributed by atoms with Crippen molar-refractivity contribution in [3.05, 3.63) is 16.1 Å². The molecule has 1 saturated heterocycles. The Balaban J connectivity index is 1.55. The number of hydrogen-bond donors (Lipinski definition) is 1. The summed E-state index contributed by atoms with van der Waals surface area (Å²) in [6.07, 6.45) is 4.16. The molecule has 1 aromatic rings. The molecule has 2 unspecified atom stereocenters. The highest BCUT2D eigenvalue weighted by Crippen LogP contribution is 2.21. The fourth-order valence-corrected chi connectivity index (χ4v) is 3.45. The van der Waals surface area contributed by atoms with E-state index in [1.807, 2.05) is 0 Å². The van der Waals surface area contributed by atoms with Gasteiger partial charge in [0.25, 0.3) is 0 Å². The van der Waals surface area contributed by atoms with Crippen LogP contribution >= 0.6 is 11.3 Å². The Hall–Kier alpha value is -0.490. The van der Waals surface area contributed by atoms with Gasteiger partial charge in [0.1, 0.15) is 5.01 Å². The van der Waals surface area contributed by atoms with Crippen LogP contribution in [-0.2, 0) is 17.8 Å². The number of thiazole rings is 1. The number of aromatic nitrogens is 1. The number of nitrogens with zero attached hydrogens (tertiary/aromatic N) is 2. The smallest absolute Gasteiger partial charge is 0.107 e. The molecule has 4 nitrogen and oxygen atoms in total. The quantitative estimate of drug-likeness (QED) is 0.874. The van der Waals surface area contributed by atoms with Crippen LogP contribution in [0.15, 0.2) is 5.38 Å². The first-order chi connectivity index (χ1) is 9.74. The van der Waals surface area contributed by atoms with Gasteiger partial charge in [-0.2, -0.15) is 0 Å². The van der Waals surface area contributed by atoms with Crippen LogP contribution in [0.2, 0.25) is 0 Å². The third kappa shape index (κ3) is 3.79. The van der Waals surface area contributed by atoms with Gasteiger partial charge >= 0.3 is 0 Å². The Labute approximate surface area is 125 Å². The van der Waals surface area contributed by atoms with Gasteiger partial charge in [-0.1, -0.05) is 6.92 Å². The number of nitrogens with one attached hydrogen (secondary N) is 1. The summed E-state index contributed by atoms with van der Waals surface area (Å²) in [5, 5.41) is 6.97. The van der Waals surface area contributed by atoms with Crippen LogP contribution in [0, 0.1) is 0 Å². The maximum Gasteiger partial charge on any atom is 0.107 e. The minimum atomic E-state index is 0.340. The molecule has 0 aromatic carbocycles. The van der Waals surface area contributed by atoms with E-state index in [0.29, 0.717) is 12.1 Å². The van der Waals surface area contributed by atoms with Crippen LogP contribution in [0.1, 0.15) is 43.8 Å². The molecule has 0 amide bonds. The van der Waals surface area contributed by atoms with Crippen LogP contribution in [0.4, 0.5) is 0 Å². The van der Waals surface area contributed by atoms with Gasteiger partial charge in [-0.05, 0) is 26.2 Å². The van der Waals surface area contributed by atoms with E-state index in [1.165, 1.54) is 23.5 Å². The second-order valence-corrected chi connectivity index (χ2v) is 6.97.